The number of anilines is 2. The summed E-state index contributed by atoms with van der Waals surface area (Å²) in [6.45, 7) is 3.98. The summed E-state index contributed by atoms with van der Waals surface area (Å²) in [6, 6.07) is 12.4. The number of unbranched alkanes of at least 4 members (excludes halogenated alkanes) is 3. The molecular weight excluding hydrogens is 464 g/mol. The van der Waals surface area contributed by atoms with Gasteiger partial charge >= 0.3 is 11.9 Å². The summed E-state index contributed by atoms with van der Waals surface area (Å²) in [5.74, 6) is 0.658. The first-order valence-corrected chi connectivity index (χ1v) is 13.4. The van der Waals surface area contributed by atoms with Gasteiger partial charge in [-0.15, -0.1) is 6.58 Å². The number of rotatable bonds is 13. The van der Waals surface area contributed by atoms with Gasteiger partial charge in [0.2, 0.25) is 0 Å². The fourth-order valence-electron chi connectivity index (χ4n) is 4.75. The summed E-state index contributed by atoms with van der Waals surface area (Å²) in [5.41, 5.74) is 14.6. The maximum absolute atomic E-state index is 12.6. The van der Waals surface area contributed by atoms with Crippen LogP contribution in [0, 0.1) is 11.8 Å². The van der Waals surface area contributed by atoms with Crippen molar-refractivity contribution in [2.24, 2.45) is 11.8 Å². The van der Waals surface area contributed by atoms with E-state index < -0.39 is 5.97 Å². The van der Waals surface area contributed by atoms with Crippen molar-refractivity contribution >= 4 is 29.4 Å². The van der Waals surface area contributed by atoms with Crippen LogP contribution in [0.2, 0.25) is 0 Å². The van der Waals surface area contributed by atoms with Crippen molar-refractivity contribution in [1.82, 2.24) is 0 Å². The summed E-state index contributed by atoms with van der Waals surface area (Å²) in [4.78, 5) is 24.7. The van der Waals surface area contributed by atoms with E-state index in [1.807, 2.05) is 18.2 Å². The molecule has 37 heavy (non-hydrogen) atoms. The highest BCUT2D eigenvalue weighted by Gasteiger charge is 2.27. The van der Waals surface area contributed by atoms with E-state index in [9.17, 15) is 9.59 Å². The fourth-order valence-corrected chi connectivity index (χ4v) is 4.75. The number of carbonyl (C=O) groups is 2. The monoisotopic (exact) mass is 504 g/mol. The number of carbonyl (C=O) groups excluding carboxylic acids is 2. The van der Waals surface area contributed by atoms with Gasteiger partial charge in [-0.3, -0.25) is 4.79 Å². The Bertz CT molecular complexity index is 1050. The smallest absolute Gasteiger partial charge is 0.330 e. The Morgan fingerprint density at radius 3 is 2.46 bits per heavy atom. The lowest BCUT2D eigenvalue weighted by Crippen LogP contribution is -2.25. The number of nitrogens with two attached hydrogens (primary N) is 2. The van der Waals surface area contributed by atoms with Crippen LogP contribution in [0.15, 0.2) is 61.2 Å². The highest BCUT2D eigenvalue weighted by molar-refractivity contribution is 5.87. The second kappa shape index (κ2) is 14.9. The van der Waals surface area contributed by atoms with Crippen LogP contribution in [0.1, 0.15) is 68.9 Å². The topological polar surface area (TPSA) is 105 Å². The first-order chi connectivity index (χ1) is 17.9. The third-order valence-corrected chi connectivity index (χ3v) is 6.99. The van der Waals surface area contributed by atoms with E-state index in [4.69, 9.17) is 20.9 Å². The number of hydrogen-bond donors (Lipinski definition) is 2. The first kappa shape index (κ1) is 28.0. The Morgan fingerprint density at radius 1 is 0.973 bits per heavy atom. The number of nitrogen functional groups attached to an aromatic ring is 2. The molecule has 1 aliphatic carbocycles. The zero-order valence-electron chi connectivity index (χ0n) is 21.7. The molecule has 3 rings (SSSR count). The minimum Gasteiger partial charge on any atom is -0.462 e. The molecule has 2 aromatic carbocycles. The highest BCUT2D eigenvalue weighted by atomic mass is 16.5. The zero-order chi connectivity index (χ0) is 26.5. The summed E-state index contributed by atoms with van der Waals surface area (Å²) in [6.07, 6.45) is 15.7. The van der Waals surface area contributed by atoms with E-state index in [-0.39, 0.29) is 18.5 Å². The van der Waals surface area contributed by atoms with Crippen molar-refractivity contribution < 1.29 is 19.1 Å². The molecule has 0 saturated heterocycles. The van der Waals surface area contributed by atoms with Crippen LogP contribution in [-0.4, -0.2) is 18.5 Å². The number of hydrogen-bond acceptors (Lipinski definition) is 6. The van der Waals surface area contributed by atoms with Crippen molar-refractivity contribution in [3.05, 3.63) is 72.3 Å². The van der Waals surface area contributed by atoms with Gasteiger partial charge in [-0.1, -0.05) is 37.5 Å². The molecule has 0 aliphatic heterocycles. The Kier molecular flexibility index (Phi) is 11.3. The lowest BCUT2D eigenvalue weighted by atomic mass is 9.80. The molecule has 1 aliphatic rings. The molecule has 0 atom stereocenters. The maximum atomic E-state index is 12.6. The molecule has 0 amide bonds. The van der Waals surface area contributed by atoms with Crippen molar-refractivity contribution in [1.29, 1.82) is 0 Å². The van der Waals surface area contributed by atoms with Gasteiger partial charge in [0.05, 0.1) is 12.5 Å². The fraction of sp³-hybridized carbons (Fsp3) is 0.419. The van der Waals surface area contributed by atoms with Gasteiger partial charge in [0.15, 0.2) is 0 Å². The molecule has 6 nitrogen and oxygen atoms in total. The average Bonchev–Trinajstić information content (AvgIpc) is 2.90. The number of benzene rings is 2. The third kappa shape index (κ3) is 9.79. The molecule has 4 N–H and O–H groups in total. The standard InChI is InChI=1S/C31H40N2O4/c1-2-3-4-5-6-7-23-8-13-25(14-9-23)31(35)37-28-16-10-24(11-17-28)12-19-30(34)36-21-20-26-22-27(32)15-18-29(26)33/h2,10-12,15-19,22-23,25H,1,3-9,13-14,20-21,32-33H2/b19-12+. The van der Waals surface area contributed by atoms with Crippen LogP contribution in [0.3, 0.4) is 0 Å². The molecular formula is C31H40N2O4. The van der Waals surface area contributed by atoms with Crippen molar-refractivity contribution in [2.75, 3.05) is 18.1 Å². The average molecular weight is 505 g/mol. The zero-order valence-corrected chi connectivity index (χ0v) is 21.7. The Hall–Kier alpha value is -3.54. The molecule has 0 aromatic heterocycles. The lowest BCUT2D eigenvalue weighted by Gasteiger charge is -2.27. The number of ether oxygens (including phenoxy) is 2. The highest BCUT2D eigenvalue weighted by Crippen LogP contribution is 2.33. The van der Waals surface area contributed by atoms with Crippen LogP contribution in [-0.2, 0) is 20.7 Å². The van der Waals surface area contributed by atoms with Crippen molar-refractivity contribution in [3.63, 3.8) is 0 Å². The Morgan fingerprint density at radius 2 is 1.73 bits per heavy atom. The Labute approximate surface area is 220 Å². The van der Waals surface area contributed by atoms with Crippen molar-refractivity contribution in [2.45, 2.75) is 64.2 Å². The molecule has 0 heterocycles. The second-order valence-corrected chi connectivity index (χ2v) is 9.84. The van der Waals surface area contributed by atoms with Gasteiger partial charge < -0.3 is 20.9 Å². The second-order valence-electron chi connectivity index (χ2n) is 9.84. The predicted molar refractivity (Wildman–Crippen MR) is 150 cm³/mol. The maximum Gasteiger partial charge on any atom is 0.330 e. The molecule has 0 radical (unpaired) electrons. The number of esters is 2. The Balaban J connectivity index is 1.35. The van der Waals surface area contributed by atoms with E-state index >= 15 is 0 Å². The molecule has 2 aromatic rings. The third-order valence-electron chi connectivity index (χ3n) is 6.99. The molecule has 0 bridgehead atoms. The summed E-state index contributed by atoms with van der Waals surface area (Å²) in [7, 11) is 0. The minimum atomic E-state index is -0.439. The summed E-state index contributed by atoms with van der Waals surface area (Å²) in [5, 5.41) is 0. The van der Waals surface area contributed by atoms with Crippen LogP contribution in [0.5, 0.6) is 5.75 Å². The van der Waals surface area contributed by atoms with E-state index in [1.165, 1.54) is 31.8 Å². The molecule has 1 saturated carbocycles. The van der Waals surface area contributed by atoms with Gasteiger partial charge in [0.1, 0.15) is 5.75 Å². The quantitative estimate of drug-likeness (QED) is 0.0806. The normalized spacial score (nSPS) is 17.4. The van der Waals surface area contributed by atoms with Gasteiger partial charge in [0, 0.05) is 23.9 Å². The van der Waals surface area contributed by atoms with Gasteiger partial charge in [-0.2, -0.15) is 0 Å². The van der Waals surface area contributed by atoms with E-state index in [0.29, 0.717) is 23.5 Å². The largest absolute Gasteiger partial charge is 0.462 e. The van der Waals surface area contributed by atoms with Gasteiger partial charge in [-0.25, -0.2) is 4.79 Å². The van der Waals surface area contributed by atoms with E-state index in [1.54, 1.807) is 36.4 Å². The molecule has 0 spiro atoms. The first-order valence-electron chi connectivity index (χ1n) is 13.4. The SMILES string of the molecule is C=CCCCCCC1CCC(C(=O)Oc2ccc(/C=C/C(=O)OCCc3cc(N)ccc3N)cc2)CC1. The molecule has 1 fully saturated rings. The molecule has 198 valence electrons. The van der Waals surface area contributed by atoms with E-state index in [2.05, 4.69) is 6.58 Å². The van der Waals surface area contributed by atoms with Crippen LogP contribution in [0.4, 0.5) is 11.4 Å². The van der Waals surface area contributed by atoms with Gasteiger partial charge in [-0.05, 0) is 92.0 Å². The summed E-state index contributed by atoms with van der Waals surface area (Å²) < 4.78 is 10.9. The lowest BCUT2D eigenvalue weighted by molar-refractivity contribution is -0.140. The van der Waals surface area contributed by atoms with Crippen molar-refractivity contribution in [3.8, 4) is 5.75 Å². The van der Waals surface area contributed by atoms with E-state index in [0.717, 1.165) is 49.1 Å². The van der Waals surface area contributed by atoms with Crippen LogP contribution < -0.4 is 16.2 Å². The number of allylic oxidation sites excluding steroid dienone is 1. The summed E-state index contributed by atoms with van der Waals surface area (Å²) >= 11 is 0. The predicted octanol–water partition coefficient (Wildman–Crippen LogP) is 6.50. The van der Waals surface area contributed by atoms with Crippen LogP contribution in [0.25, 0.3) is 6.08 Å². The molecule has 6 heteroatoms. The van der Waals surface area contributed by atoms with Gasteiger partial charge in [0.25, 0.3) is 0 Å². The van der Waals surface area contributed by atoms with Crippen LogP contribution >= 0.6 is 0 Å². The molecule has 0 unspecified atom stereocenters. The minimum absolute atomic E-state index is 0.0194.